The molecule has 0 saturated heterocycles. The minimum absolute atomic E-state index is 0.181. The first-order chi connectivity index (χ1) is 6.38. The van der Waals surface area contributed by atoms with Crippen LogP contribution in [0.2, 0.25) is 0 Å². The smallest absolute Gasteiger partial charge is 0.129 e. The first-order valence-corrected chi connectivity index (χ1v) is 4.82. The monoisotopic (exact) mass is 198 g/mol. The van der Waals surface area contributed by atoms with Gasteiger partial charge in [-0.3, -0.25) is 0 Å². The zero-order chi connectivity index (χ0) is 10.8. The van der Waals surface area contributed by atoms with Crippen molar-refractivity contribution < 1.29 is 8.78 Å². The zero-order valence-electron chi connectivity index (χ0n) is 8.90. The molecule has 0 aliphatic heterocycles. The number of benzene rings is 1. The first kappa shape index (κ1) is 11.2. The Morgan fingerprint density at radius 1 is 1.14 bits per heavy atom. The lowest BCUT2D eigenvalue weighted by atomic mass is 9.88. The van der Waals surface area contributed by atoms with Crippen LogP contribution < -0.4 is 0 Å². The Balaban J connectivity index is 2.68. The van der Waals surface area contributed by atoms with Crippen molar-refractivity contribution in [1.82, 2.24) is 0 Å². The molecule has 0 aliphatic rings. The van der Waals surface area contributed by atoms with E-state index >= 15 is 0 Å². The van der Waals surface area contributed by atoms with Crippen LogP contribution in [-0.2, 0) is 6.42 Å². The molecule has 0 heterocycles. The van der Waals surface area contributed by atoms with Gasteiger partial charge in [-0.15, -0.1) is 0 Å². The SMILES string of the molecule is CC(C)(C)CCc1ccc(F)cc1F. The van der Waals surface area contributed by atoms with Gasteiger partial charge in [-0.25, -0.2) is 8.78 Å². The van der Waals surface area contributed by atoms with E-state index in [1.165, 1.54) is 12.1 Å². The summed E-state index contributed by atoms with van der Waals surface area (Å²) in [5.74, 6) is -0.948. The maximum Gasteiger partial charge on any atom is 0.129 e. The normalized spacial score (nSPS) is 11.8. The molecule has 0 amide bonds. The number of rotatable bonds is 2. The van der Waals surface area contributed by atoms with Gasteiger partial charge in [-0.1, -0.05) is 26.8 Å². The molecule has 0 radical (unpaired) electrons. The van der Waals surface area contributed by atoms with Gasteiger partial charge in [0.15, 0.2) is 0 Å². The fourth-order valence-corrected chi connectivity index (χ4v) is 1.23. The van der Waals surface area contributed by atoms with Crippen LogP contribution in [-0.4, -0.2) is 0 Å². The molecule has 0 nitrogen and oxygen atoms in total. The molecule has 0 spiro atoms. The highest BCUT2D eigenvalue weighted by molar-refractivity contribution is 5.18. The fourth-order valence-electron chi connectivity index (χ4n) is 1.23. The second-order valence-corrected chi connectivity index (χ2v) is 4.80. The van der Waals surface area contributed by atoms with Crippen LogP contribution in [0.15, 0.2) is 18.2 Å². The largest absolute Gasteiger partial charge is 0.207 e. The molecule has 0 unspecified atom stereocenters. The van der Waals surface area contributed by atoms with Gasteiger partial charge in [0.25, 0.3) is 0 Å². The quantitative estimate of drug-likeness (QED) is 0.675. The maximum absolute atomic E-state index is 13.2. The van der Waals surface area contributed by atoms with Gasteiger partial charge in [0.1, 0.15) is 11.6 Å². The zero-order valence-corrected chi connectivity index (χ0v) is 8.90. The van der Waals surface area contributed by atoms with Gasteiger partial charge in [0.2, 0.25) is 0 Å². The van der Waals surface area contributed by atoms with Gasteiger partial charge in [0.05, 0.1) is 0 Å². The lowest BCUT2D eigenvalue weighted by Crippen LogP contribution is -2.07. The van der Waals surface area contributed by atoms with Crippen molar-refractivity contribution in [1.29, 1.82) is 0 Å². The molecule has 2 heteroatoms. The molecule has 0 fully saturated rings. The first-order valence-electron chi connectivity index (χ1n) is 4.82. The average molecular weight is 198 g/mol. The lowest BCUT2D eigenvalue weighted by molar-refractivity contribution is 0.375. The van der Waals surface area contributed by atoms with E-state index in [4.69, 9.17) is 0 Å². The Bertz CT molecular complexity index is 311. The van der Waals surface area contributed by atoms with E-state index in [0.717, 1.165) is 12.5 Å². The number of hydrogen-bond acceptors (Lipinski definition) is 0. The molecule has 1 rings (SSSR count). The topological polar surface area (TPSA) is 0 Å². The summed E-state index contributed by atoms with van der Waals surface area (Å²) in [6, 6.07) is 3.77. The predicted octanol–water partition coefficient (Wildman–Crippen LogP) is 3.94. The van der Waals surface area contributed by atoms with Crippen LogP contribution in [0.3, 0.4) is 0 Å². The molecular weight excluding hydrogens is 182 g/mol. The van der Waals surface area contributed by atoms with Crippen LogP contribution in [0.25, 0.3) is 0 Å². The van der Waals surface area contributed by atoms with Crippen molar-refractivity contribution in [2.24, 2.45) is 5.41 Å². The van der Waals surface area contributed by atoms with E-state index in [9.17, 15) is 8.78 Å². The van der Waals surface area contributed by atoms with Crippen molar-refractivity contribution in [3.8, 4) is 0 Å². The van der Waals surface area contributed by atoms with Crippen molar-refractivity contribution in [3.05, 3.63) is 35.4 Å². The van der Waals surface area contributed by atoms with Crippen molar-refractivity contribution in [2.45, 2.75) is 33.6 Å². The molecule has 0 aliphatic carbocycles. The summed E-state index contributed by atoms with van der Waals surface area (Å²) < 4.78 is 25.8. The van der Waals surface area contributed by atoms with E-state index < -0.39 is 11.6 Å². The molecule has 1 aromatic carbocycles. The van der Waals surface area contributed by atoms with E-state index in [-0.39, 0.29) is 5.41 Å². The van der Waals surface area contributed by atoms with Crippen LogP contribution in [0.1, 0.15) is 32.8 Å². The highest BCUT2D eigenvalue weighted by Crippen LogP contribution is 2.22. The number of halogens is 2. The summed E-state index contributed by atoms with van der Waals surface area (Å²) >= 11 is 0. The van der Waals surface area contributed by atoms with Gasteiger partial charge >= 0.3 is 0 Å². The molecule has 0 N–H and O–H groups in total. The highest BCUT2D eigenvalue weighted by atomic mass is 19.1. The van der Waals surface area contributed by atoms with Crippen LogP contribution in [0, 0.1) is 17.0 Å². The fraction of sp³-hybridized carbons (Fsp3) is 0.500. The predicted molar refractivity (Wildman–Crippen MR) is 54.1 cm³/mol. The molecule has 0 bridgehead atoms. The van der Waals surface area contributed by atoms with Gasteiger partial charge in [0, 0.05) is 6.07 Å². The minimum atomic E-state index is -0.512. The summed E-state index contributed by atoms with van der Waals surface area (Å²) in [4.78, 5) is 0. The summed E-state index contributed by atoms with van der Waals surface area (Å²) in [6.45, 7) is 6.32. The van der Waals surface area contributed by atoms with E-state index in [2.05, 4.69) is 20.8 Å². The molecule has 0 aromatic heterocycles. The second-order valence-electron chi connectivity index (χ2n) is 4.80. The van der Waals surface area contributed by atoms with Crippen molar-refractivity contribution in [3.63, 3.8) is 0 Å². The number of hydrogen-bond donors (Lipinski definition) is 0. The third-order valence-corrected chi connectivity index (χ3v) is 2.16. The third kappa shape index (κ3) is 3.44. The Morgan fingerprint density at radius 2 is 1.79 bits per heavy atom. The Labute approximate surface area is 84.0 Å². The maximum atomic E-state index is 13.2. The third-order valence-electron chi connectivity index (χ3n) is 2.16. The van der Waals surface area contributed by atoms with E-state index in [0.29, 0.717) is 12.0 Å². The summed E-state index contributed by atoms with van der Waals surface area (Å²) in [5.41, 5.74) is 0.780. The highest BCUT2D eigenvalue weighted by Gasteiger charge is 2.12. The van der Waals surface area contributed by atoms with Crippen molar-refractivity contribution >= 4 is 0 Å². The summed E-state index contributed by atoms with van der Waals surface area (Å²) in [5, 5.41) is 0. The van der Waals surface area contributed by atoms with E-state index in [1.54, 1.807) is 0 Å². The van der Waals surface area contributed by atoms with Crippen molar-refractivity contribution in [2.75, 3.05) is 0 Å². The van der Waals surface area contributed by atoms with Gasteiger partial charge < -0.3 is 0 Å². The van der Waals surface area contributed by atoms with Crippen LogP contribution >= 0.6 is 0 Å². The Hall–Kier alpha value is -0.920. The standard InChI is InChI=1S/C12H16F2/c1-12(2,3)7-6-9-4-5-10(13)8-11(9)14/h4-5,8H,6-7H2,1-3H3. The van der Waals surface area contributed by atoms with Gasteiger partial charge in [-0.2, -0.15) is 0 Å². The summed E-state index contributed by atoms with van der Waals surface area (Å²) in [7, 11) is 0. The molecular formula is C12H16F2. The number of aryl methyl sites for hydroxylation is 1. The molecule has 78 valence electrons. The van der Waals surface area contributed by atoms with Crippen LogP contribution in [0.5, 0.6) is 0 Å². The summed E-state index contributed by atoms with van der Waals surface area (Å²) in [6.07, 6.45) is 1.56. The molecule has 0 saturated carbocycles. The Morgan fingerprint density at radius 3 is 2.29 bits per heavy atom. The minimum Gasteiger partial charge on any atom is -0.207 e. The second kappa shape index (κ2) is 4.07. The Kier molecular flexibility index (Phi) is 3.25. The lowest BCUT2D eigenvalue weighted by Gasteiger charge is -2.17. The molecule has 14 heavy (non-hydrogen) atoms. The average Bonchev–Trinajstić information content (AvgIpc) is 2.00. The van der Waals surface area contributed by atoms with E-state index in [1.807, 2.05) is 0 Å². The molecule has 0 atom stereocenters. The van der Waals surface area contributed by atoms with Crippen LogP contribution in [0.4, 0.5) is 8.78 Å². The molecule has 1 aromatic rings. The van der Waals surface area contributed by atoms with Gasteiger partial charge in [-0.05, 0) is 29.9 Å².